The molecule has 0 aliphatic carbocycles. The standard InChI is InChI=1S/C51H89NO7/c1-6-8-10-12-14-16-18-20-22-23-24-25-26-28-29-31-33-35-37-39-41-49(53)58-46-47(45-57-44-43-48(51(55)56)52(3,4)5)59-50(54)42-40-38-36-34-32-30-27-21-19-17-15-13-11-9-7-2/h9,11,13,15-20,22,47-48H,6-8,10,12,14,21,23-46H2,1-5H3/p+1/b11-9+,15-13+,18-16+,19-17+,22-20+. The van der Waals surface area contributed by atoms with Crippen molar-refractivity contribution in [3.8, 4) is 0 Å². The summed E-state index contributed by atoms with van der Waals surface area (Å²) >= 11 is 0. The van der Waals surface area contributed by atoms with Gasteiger partial charge in [-0.05, 0) is 57.8 Å². The highest BCUT2D eigenvalue weighted by Crippen LogP contribution is 2.15. The topological polar surface area (TPSA) is 99.1 Å². The minimum Gasteiger partial charge on any atom is -0.477 e. The van der Waals surface area contributed by atoms with Crippen molar-refractivity contribution in [1.29, 1.82) is 0 Å². The van der Waals surface area contributed by atoms with Crippen LogP contribution >= 0.6 is 0 Å². The molecule has 340 valence electrons. The van der Waals surface area contributed by atoms with Gasteiger partial charge in [0.05, 0.1) is 34.4 Å². The molecule has 2 unspecified atom stereocenters. The fraction of sp³-hybridized carbons (Fsp3) is 0.745. The fourth-order valence-corrected chi connectivity index (χ4v) is 6.79. The second kappa shape index (κ2) is 41.8. The molecule has 0 radical (unpaired) electrons. The highest BCUT2D eigenvalue weighted by atomic mass is 16.6. The zero-order chi connectivity index (χ0) is 43.5. The molecule has 0 bridgehead atoms. The van der Waals surface area contributed by atoms with Gasteiger partial charge in [-0.1, -0.05) is 177 Å². The van der Waals surface area contributed by atoms with Crippen LogP contribution in [0.1, 0.15) is 194 Å². The number of esters is 2. The van der Waals surface area contributed by atoms with E-state index in [4.69, 9.17) is 14.2 Å². The van der Waals surface area contributed by atoms with Crippen LogP contribution in [-0.2, 0) is 28.6 Å². The second-order valence-corrected chi connectivity index (χ2v) is 17.1. The highest BCUT2D eigenvalue weighted by molar-refractivity contribution is 5.72. The second-order valence-electron chi connectivity index (χ2n) is 17.1. The fourth-order valence-electron chi connectivity index (χ4n) is 6.79. The van der Waals surface area contributed by atoms with Crippen LogP contribution in [0, 0.1) is 0 Å². The summed E-state index contributed by atoms with van der Waals surface area (Å²) in [4.78, 5) is 37.1. The van der Waals surface area contributed by atoms with E-state index in [1.54, 1.807) is 0 Å². The number of hydrogen-bond acceptors (Lipinski definition) is 6. The summed E-state index contributed by atoms with van der Waals surface area (Å²) in [7, 11) is 5.52. The summed E-state index contributed by atoms with van der Waals surface area (Å²) < 4.78 is 17.3. The van der Waals surface area contributed by atoms with Gasteiger partial charge in [0.2, 0.25) is 0 Å². The van der Waals surface area contributed by atoms with Crippen LogP contribution in [0.2, 0.25) is 0 Å². The Kier molecular flexibility index (Phi) is 39.6. The smallest absolute Gasteiger partial charge is 0.362 e. The third-order valence-corrected chi connectivity index (χ3v) is 10.5. The Morgan fingerprint density at radius 1 is 0.525 bits per heavy atom. The van der Waals surface area contributed by atoms with Gasteiger partial charge >= 0.3 is 17.9 Å². The van der Waals surface area contributed by atoms with E-state index in [-0.39, 0.29) is 36.2 Å². The third kappa shape index (κ3) is 40.2. The molecule has 0 rings (SSSR count). The Labute approximate surface area is 362 Å². The van der Waals surface area contributed by atoms with Crippen molar-refractivity contribution < 1.29 is 38.2 Å². The lowest BCUT2D eigenvalue weighted by atomic mass is 10.1. The zero-order valence-corrected chi connectivity index (χ0v) is 38.7. The van der Waals surface area contributed by atoms with Crippen LogP contribution in [0.25, 0.3) is 0 Å². The molecule has 0 saturated heterocycles. The maximum atomic E-state index is 12.7. The Morgan fingerprint density at radius 3 is 1.41 bits per heavy atom. The monoisotopic (exact) mass is 829 g/mol. The molecular formula is C51H90NO7+. The lowest BCUT2D eigenvalue weighted by molar-refractivity contribution is -0.887. The molecule has 0 aromatic heterocycles. The lowest BCUT2D eigenvalue weighted by Crippen LogP contribution is -2.50. The van der Waals surface area contributed by atoms with Gasteiger partial charge < -0.3 is 23.8 Å². The molecule has 0 aromatic rings. The molecule has 1 N–H and O–H groups in total. The predicted octanol–water partition coefficient (Wildman–Crippen LogP) is 13.4. The number of hydrogen-bond donors (Lipinski definition) is 1. The number of carboxylic acid groups (broad SMARTS) is 1. The quantitative estimate of drug-likeness (QED) is 0.0283. The maximum Gasteiger partial charge on any atom is 0.362 e. The first-order valence-corrected chi connectivity index (χ1v) is 23.9. The molecule has 2 atom stereocenters. The summed E-state index contributed by atoms with van der Waals surface area (Å²) in [5.41, 5.74) is 0. The average molecular weight is 829 g/mol. The van der Waals surface area contributed by atoms with Crippen LogP contribution in [0.3, 0.4) is 0 Å². The summed E-state index contributed by atoms with van der Waals surface area (Å²) in [5, 5.41) is 9.63. The molecular weight excluding hydrogens is 739 g/mol. The van der Waals surface area contributed by atoms with Crippen molar-refractivity contribution >= 4 is 17.9 Å². The van der Waals surface area contributed by atoms with Gasteiger partial charge in [0.1, 0.15) is 6.61 Å². The molecule has 8 nitrogen and oxygen atoms in total. The van der Waals surface area contributed by atoms with Gasteiger partial charge in [0.25, 0.3) is 0 Å². The van der Waals surface area contributed by atoms with Crippen molar-refractivity contribution in [2.75, 3.05) is 41.0 Å². The number of quaternary nitrogens is 1. The molecule has 0 fully saturated rings. The lowest BCUT2D eigenvalue weighted by Gasteiger charge is -2.31. The molecule has 0 aromatic carbocycles. The van der Waals surface area contributed by atoms with Crippen molar-refractivity contribution in [3.63, 3.8) is 0 Å². The number of allylic oxidation sites excluding steroid dienone is 10. The van der Waals surface area contributed by atoms with E-state index in [2.05, 4.69) is 74.6 Å². The molecule has 0 saturated carbocycles. The van der Waals surface area contributed by atoms with Crippen molar-refractivity contribution in [2.24, 2.45) is 0 Å². The molecule has 0 spiro atoms. The first kappa shape index (κ1) is 56.0. The van der Waals surface area contributed by atoms with Crippen LogP contribution in [0.5, 0.6) is 0 Å². The largest absolute Gasteiger partial charge is 0.477 e. The molecule has 0 aliphatic rings. The number of nitrogens with zero attached hydrogens (tertiary/aromatic N) is 1. The Bertz CT molecular complexity index is 1150. The number of ether oxygens (including phenoxy) is 3. The normalized spacial score (nSPS) is 13.4. The van der Waals surface area contributed by atoms with Gasteiger partial charge in [-0.3, -0.25) is 9.59 Å². The number of likely N-dealkylation sites (N-methyl/N-ethyl adjacent to an activating group) is 1. The molecule has 59 heavy (non-hydrogen) atoms. The van der Waals surface area contributed by atoms with E-state index in [1.807, 2.05) is 21.1 Å². The Hall–Kier alpha value is -2.97. The first-order chi connectivity index (χ1) is 28.6. The van der Waals surface area contributed by atoms with Gasteiger partial charge in [-0.25, -0.2) is 4.79 Å². The van der Waals surface area contributed by atoms with Crippen LogP contribution in [0.15, 0.2) is 60.8 Å². The van der Waals surface area contributed by atoms with Crippen molar-refractivity contribution in [3.05, 3.63) is 60.8 Å². The van der Waals surface area contributed by atoms with Crippen LogP contribution < -0.4 is 0 Å². The number of carbonyl (C=O) groups is 3. The van der Waals surface area contributed by atoms with E-state index in [9.17, 15) is 19.5 Å². The van der Waals surface area contributed by atoms with E-state index in [0.29, 0.717) is 19.3 Å². The average Bonchev–Trinajstić information content (AvgIpc) is 3.19. The maximum absolute atomic E-state index is 12.7. The summed E-state index contributed by atoms with van der Waals surface area (Å²) in [5.74, 6) is -1.49. The summed E-state index contributed by atoms with van der Waals surface area (Å²) in [6.45, 7) is 4.58. The molecule has 0 heterocycles. The number of unbranched alkanes of at least 4 members (excludes halogenated alkanes) is 21. The van der Waals surface area contributed by atoms with E-state index in [0.717, 1.165) is 57.8 Å². The van der Waals surface area contributed by atoms with E-state index >= 15 is 0 Å². The minimum atomic E-state index is -0.879. The third-order valence-electron chi connectivity index (χ3n) is 10.5. The summed E-state index contributed by atoms with van der Waals surface area (Å²) in [6.07, 6.45) is 51.2. The predicted molar refractivity (Wildman–Crippen MR) is 247 cm³/mol. The van der Waals surface area contributed by atoms with Crippen molar-refractivity contribution in [1.82, 2.24) is 0 Å². The molecule has 0 amide bonds. The number of aliphatic carboxylic acids is 1. The van der Waals surface area contributed by atoms with Crippen LogP contribution in [-0.4, -0.2) is 80.6 Å². The van der Waals surface area contributed by atoms with E-state index in [1.165, 1.54) is 103 Å². The minimum absolute atomic E-state index is 0.0534. The van der Waals surface area contributed by atoms with Gasteiger partial charge in [-0.2, -0.15) is 0 Å². The highest BCUT2D eigenvalue weighted by Gasteiger charge is 2.31. The van der Waals surface area contributed by atoms with Crippen LogP contribution in [0.4, 0.5) is 0 Å². The Morgan fingerprint density at radius 2 is 0.949 bits per heavy atom. The zero-order valence-electron chi connectivity index (χ0n) is 38.7. The van der Waals surface area contributed by atoms with Gasteiger partial charge in [-0.15, -0.1) is 0 Å². The number of carbonyl (C=O) groups excluding carboxylic acids is 2. The van der Waals surface area contributed by atoms with Gasteiger partial charge in [0, 0.05) is 19.3 Å². The molecule has 8 heteroatoms. The van der Waals surface area contributed by atoms with E-state index < -0.39 is 18.1 Å². The summed E-state index contributed by atoms with van der Waals surface area (Å²) in [6, 6.07) is -0.619. The first-order valence-electron chi connectivity index (χ1n) is 23.9. The number of rotatable bonds is 42. The molecule has 0 aliphatic heterocycles. The van der Waals surface area contributed by atoms with Crippen molar-refractivity contribution in [2.45, 2.75) is 206 Å². The van der Waals surface area contributed by atoms with Gasteiger partial charge in [0.15, 0.2) is 12.1 Å². The Balaban J connectivity index is 4.29. The number of carboxylic acids is 1. The SMILES string of the molecule is CC/C=C/C=C/C=C/CCCCCCCCCC(=O)OC(COCCC(C(=O)O)[N+](C)(C)C)COC(=O)CCCCCCCCCCCC/C=C/C=C/CCCCCC.